The smallest absolute Gasteiger partial charge is 0.468 e. The van der Waals surface area contributed by atoms with E-state index in [2.05, 4.69) is 5.32 Å². The van der Waals surface area contributed by atoms with Crippen molar-refractivity contribution in [2.75, 3.05) is 20.3 Å². The largest absolute Gasteiger partial charge is 0.514 e. The molecule has 0 heterocycles. The highest BCUT2D eigenvalue weighted by Crippen LogP contribution is 2.30. The number of esters is 2. The molecule has 0 aliphatic heterocycles. The standard InChI is InChI=1S/C26H39NO10/c1-7-10-23(28)33-14-13-27-20(24(29)32-6)15-19-11-12-21(36-25(30)34-17(4)8-2)22(16-19)37-26(31)35-18(5)9-3/h11-12,16-18,20,27H,7-10,13-15H2,1-6H3/t17?,18?,20-/m0/s1. The second-order valence-electron chi connectivity index (χ2n) is 8.36. The van der Waals surface area contributed by atoms with Crippen LogP contribution in [0.4, 0.5) is 9.59 Å². The van der Waals surface area contributed by atoms with Gasteiger partial charge in [0.25, 0.3) is 0 Å². The maximum absolute atomic E-state index is 12.3. The molecule has 0 bridgehead atoms. The molecule has 0 radical (unpaired) electrons. The predicted molar refractivity (Wildman–Crippen MR) is 134 cm³/mol. The summed E-state index contributed by atoms with van der Waals surface area (Å²) < 4.78 is 30.8. The lowest BCUT2D eigenvalue weighted by atomic mass is 10.1. The van der Waals surface area contributed by atoms with E-state index in [1.807, 2.05) is 20.8 Å². The number of hydrogen-bond acceptors (Lipinski definition) is 11. The molecule has 0 amide bonds. The molecule has 1 aromatic rings. The van der Waals surface area contributed by atoms with Crippen LogP contribution in [0.1, 0.15) is 65.9 Å². The van der Waals surface area contributed by atoms with Crippen LogP contribution in [0, 0.1) is 0 Å². The lowest BCUT2D eigenvalue weighted by Crippen LogP contribution is -2.41. The third kappa shape index (κ3) is 12.4. The molecule has 37 heavy (non-hydrogen) atoms. The Bertz CT molecular complexity index is 888. The maximum Gasteiger partial charge on any atom is 0.514 e. The van der Waals surface area contributed by atoms with E-state index >= 15 is 0 Å². The Morgan fingerprint density at radius 2 is 1.49 bits per heavy atom. The van der Waals surface area contributed by atoms with Gasteiger partial charge in [-0.25, -0.2) is 9.59 Å². The van der Waals surface area contributed by atoms with Crippen LogP contribution in [0.15, 0.2) is 18.2 Å². The predicted octanol–water partition coefficient (Wildman–Crippen LogP) is 4.33. The van der Waals surface area contributed by atoms with E-state index < -0.39 is 24.3 Å². The van der Waals surface area contributed by atoms with Crippen LogP contribution >= 0.6 is 0 Å². The van der Waals surface area contributed by atoms with Gasteiger partial charge in [-0.15, -0.1) is 0 Å². The molecule has 208 valence electrons. The molecule has 1 aromatic carbocycles. The van der Waals surface area contributed by atoms with Gasteiger partial charge in [0.2, 0.25) is 0 Å². The molecule has 0 aliphatic carbocycles. The maximum atomic E-state index is 12.3. The first-order valence-corrected chi connectivity index (χ1v) is 12.5. The number of ether oxygens (including phenoxy) is 6. The molecular weight excluding hydrogens is 486 g/mol. The van der Waals surface area contributed by atoms with E-state index in [4.69, 9.17) is 28.4 Å². The number of carbonyl (C=O) groups is 4. The molecule has 1 rings (SSSR count). The summed E-state index contributed by atoms with van der Waals surface area (Å²) in [6.45, 7) is 9.33. The van der Waals surface area contributed by atoms with Crippen molar-refractivity contribution in [1.82, 2.24) is 5.32 Å². The van der Waals surface area contributed by atoms with Gasteiger partial charge in [-0.3, -0.25) is 9.59 Å². The number of methoxy groups -OCH3 is 1. The van der Waals surface area contributed by atoms with Gasteiger partial charge in [-0.05, 0) is 57.2 Å². The van der Waals surface area contributed by atoms with Gasteiger partial charge >= 0.3 is 24.2 Å². The highest BCUT2D eigenvalue weighted by molar-refractivity contribution is 5.76. The zero-order valence-corrected chi connectivity index (χ0v) is 22.5. The van der Waals surface area contributed by atoms with Crippen LogP contribution in [0.5, 0.6) is 11.5 Å². The Balaban J connectivity index is 3.04. The summed E-state index contributed by atoms with van der Waals surface area (Å²) in [7, 11) is 1.26. The van der Waals surface area contributed by atoms with E-state index in [1.165, 1.54) is 19.2 Å². The SMILES string of the molecule is CCCC(=O)OCCN[C@@H](Cc1ccc(OC(=O)OC(C)CC)c(OC(=O)OC(C)CC)c1)C(=O)OC. The Morgan fingerprint density at radius 3 is 2.03 bits per heavy atom. The fraction of sp³-hybridized carbons (Fsp3) is 0.615. The summed E-state index contributed by atoms with van der Waals surface area (Å²) in [6, 6.07) is 3.72. The normalized spacial score (nSPS) is 13.0. The van der Waals surface area contributed by atoms with Crippen molar-refractivity contribution in [3.05, 3.63) is 23.8 Å². The first kappa shape index (κ1) is 31.7. The average molecular weight is 526 g/mol. The van der Waals surface area contributed by atoms with Gasteiger partial charge in [-0.2, -0.15) is 0 Å². The van der Waals surface area contributed by atoms with Crippen molar-refractivity contribution in [3.8, 4) is 11.5 Å². The zero-order valence-electron chi connectivity index (χ0n) is 22.5. The molecule has 0 saturated heterocycles. The summed E-state index contributed by atoms with van der Waals surface area (Å²) in [5.41, 5.74) is 0.569. The number of benzene rings is 1. The molecule has 1 N–H and O–H groups in total. The van der Waals surface area contributed by atoms with E-state index in [9.17, 15) is 19.2 Å². The lowest BCUT2D eigenvalue weighted by molar-refractivity contribution is -0.144. The second kappa shape index (κ2) is 17.2. The number of carbonyl (C=O) groups excluding carboxylic acids is 4. The Labute approximate surface area is 218 Å². The average Bonchev–Trinajstić information content (AvgIpc) is 2.86. The van der Waals surface area contributed by atoms with Crippen LogP contribution in [-0.4, -0.2) is 62.8 Å². The summed E-state index contributed by atoms with van der Waals surface area (Å²) in [5.74, 6) is -0.976. The Kier molecular flexibility index (Phi) is 14.7. The van der Waals surface area contributed by atoms with Crippen LogP contribution in [0.25, 0.3) is 0 Å². The molecule has 0 aliphatic rings. The van der Waals surface area contributed by atoms with Crippen molar-refractivity contribution in [3.63, 3.8) is 0 Å². The topological polar surface area (TPSA) is 136 Å². The molecule has 0 aromatic heterocycles. The number of nitrogens with one attached hydrogen (secondary N) is 1. The van der Waals surface area contributed by atoms with Crippen LogP contribution in [0.2, 0.25) is 0 Å². The van der Waals surface area contributed by atoms with Gasteiger partial charge in [0.05, 0.1) is 7.11 Å². The van der Waals surface area contributed by atoms with Gasteiger partial charge in [0.1, 0.15) is 24.9 Å². The molecule has 2 unspecified atom stereocenters. The first-order chi connectivity index (χ1) is 17.6. The fourth-order valence-corrected chi connectivity index (χ4v) is 2.86. The van der Waals surface area contributed by atoms with Crippen molar-refractivity contribution < 1.29 is 47.6 Å². The van der Waals surface area contributed by atoms with Crippen molar-refractivity contribution in [2.24, 2.45) is 0 Å². The van der Waals surface area contributed by atoms with Gasteiger partial charge < -0.3 is 33.7 Å². The highest BCUT2D eigenvalue weighted by atomic mass is 16.7. The minimum Gasteiger partial charge on any atom is -0.468 e. The molecule has 3 atom stereocenters. The summed E-state index contributed by atoms with van der Waals surface area (Å²) in [6.07, 6.45) is -0.336. The van der Waals surface area contributed by atoms with Crippen LogP contribution in [-0.2, 0) is 35.0 Å². The summed E-state index contributed by atoms with van der Waals surface area (Å²) >= 11 is 0. The Morgan fingerprint density at radius 1 is 0.892 bits per heavy atom. The zero-order chi connectivity index (χ0) is 27.8. The van der Waals surface area contributed by atoms with Crippen LogP contribution in [0.3, 0.4) is 0 Å². The van der Waals surface area contributed by atoms with Crippen molar-refractivity contribution in [1.29, 1.82) is 0 Å². The van der Waals surface area contributed by atoms with Crippen molar-refractivity contribution >= 4 is 24.2 Å². The molecule has 11 nitrogen and oxygen atoms in total. The Hall–Kier alpha value is -3.34. The molecule has 0 fully saturated rings. The minimum absolute atomic E-state index is 0.0523. The number of rotatable bonds is 15. The van der Waals surface area contributed by atoms with E-state index in [0.717, 1.165) is 0 Å². The highest BCUT2D eigenvalue weighted by Gasteiger charge is 2.23. The van der Waals surface area contributed by atoms with Crippen LogP contribution < -0.4 is 14.8 Å². The third-order valence-corrected chi connectivity index (χ3v) is 5.27. The van der Waals surface area contributed by atoms with E-state index in [1.54, 1.807) is 19.9 Å². The molecule has 0 spiro atoms. The van der Waals surface area contributed by atoms with Gasteiger partial charge in [0, 0.05) is 13.0 Å². The molecular formula is C26H39NO10. The fourth-order valence-electron chi connectivity index (χ4n) is 2.86. The second-order valence-corrected chi connectivity index (χ2v) is 8.36. The van der Waals surface area contributed by atoms with E-state index in [0.29, 0.717) is 31.2 Å². The molecule has 11 heteroatoms. The minimum atomic E-state index is -0.969. The third-order valence-electron chi connectivity index (χ3n) is 5.27. The monoisotopic (exact) mass is 525 g/mol. The summed E-state index contributed by atoms with van der Waals surface area (Å²) in [4.78, 5) is 48.3. The number of hydrogen-bond donors (Lipinski definition) is 1. The quantitative estimate of drug-likeness (QED) is 0.152. The van der Waals surface area contributed by atoms with Gasteiger partial charge in [-0.1, -0.05) is 26.8 Å². The summed E-state index contributed by atoms with van der Waals surface area (Å²) in [5, 5.41) is 3.00. The lowest BCUT2D eigenvalue weighted by Gasteiger charge is -2.18. The first-order valence-electron chi connectivity index (χ1n) is 12.5. The van der Waals surface area contributed by atoms with Crippen molar-refractivity contribution in [2.45, 2.75) is 85.0 Å². The molecule has 0 saturated carbocycles. The van der Waals surface area contributed by atoms with Gasteiger partial charge in [0.15, 0.2) is 11.5 Å². The van der Waals surface area contributed by atoms with E-state index in [-0.39, 0.29) is 49.2 Å².